The largest absolute Gasteiger partial charge is 0.497 e. The molecule has 2 aromatic heterocycles. The predicted molar refractivity (Wildman–Crippen MR) is 102 cm³/mol. The third-order valence-corrected chi connectivity index (χ3v) is 4.14. The molecule has 0 spiro atoms. The first-order chi connectivity index (χ1) is 12.8. The van der Waals surface area contributed by atoms with Crippen molar-refractivity contribution < 1.29 is 9.47 Å². The summed E-state index contributed by atoms with van der Waals surface area (Å²) < 4.78 is 10.6. The fourth-order valence-electron chi connectivity index (χ4n) is 2.82. The van der Waals surface area contributed by atoms with Crippen LogP contribution < -0.4 is 14.8 Å². The number of nitrogens with zero attached hydrogens (tertiary/aromatic N) is 2. The number of benzene rings is 2. The van der Waals surface area contributed by atoms with E-state index in [4.69, 9.17) is 9.47 Å². The summed E-state index contributed by atoms with van der Waals surface area (Å²) in [5.41, 5.74) is 3.64. The molecule has 6 heteroatoms. The van der Waals surface area contributed by atoms with Crippen molar-refractivity contribution in [3.05, 3.63) is 60.9 Å². The van der Waals surface area contributed by atoms with E-state index in [2.05, 4.69) is 20.3 Å². The molecule has 0 aliphatic rings. The van der Waals surface area contributed by atoms with Gasteiger partial charge in [-0.1, -0.05) is 18.2 Å². The number of aromatic nitrogens is 3. The molecule has 0 aliphatic heterocycles. The second-order valence-electron chi connectivity index (χ2n) is 5.76. The van der Waals surface area contributed by atoms with Gasteiger partial charge in [0.15, 0.2) is 0 Å². The van der Waals surface area contributed by atoms with E-state index in [9.17, 15) is 0 Å². The van der Waals surface area contributed by atoms with Crippen LogP contribution in [0.5, 0.6) is 11.5 Å². The molecule has 2 heterocycles. The monoisotopic (exact) mass is 346 g/mol. The van der Waals surface area contributed by atoms with E-state index in [0.717, 1.165) is 45.3 Å². The maximum absolute atomic E-state index is 5.31. The fraction of sp³-hybridized carbons (Fsp3) is 0.100. The van der Waals surface area contributed by atoms with E-state index >= 15 is 0 Å². The van der Waals surface area contributed by atoms with Gasteiger partial charge >= 0.3 is 0 Å². The van der Waals surface area contributed by atoms with Gasteiger partial charge in [-0.3, -0.25) is 0 Å². The van der Waals surface area contributed by atoms with Gasteiger partial charge < -0.3 is 19.8 Å². The number of fused-ring (bicyclic) bond motifs is 1. The molecule has 0 bridgehead atoms. The van der Waals surface area contributed by atoms with Crippen LogP contribution in [0.3, 0.4) is 0 Å². The molecule has 130 valence electrons. The first-order valence-electron chi connectivity index (χ1n) is 8.16. The van der Waals surface area contributed by atoms with Gasteiger partial charge in [0.1, 0.15) is 29.3 Å². The predicted octanol–water partition coefficient (Wildman–Crippen LogP) is 4.39. The lowest BCUT2D eigenvalue weighted by Gasteiger charge is -2.07. The van der Waals surface area contributed by atoms with E-state index in [0.29, 0.717) is 0 Å². The average Bonchev–Trinajstić information content (AvgIpc) is 3.14. The van der Waals surface area contributed by atoms with Gasteiger partial charge in [-0.15, -0.1) is 0 Å². The Morgan fingerprint density at radius 1 is 0.885 bits per heavy atom. The van der Waals surface area contributed by atoms with Crippen molar-refractivity contribution >= 4 is 22.5 Å². The minimum absolute atomic E-state index is 0.730. The lowest BCUT2D eigenvalue weighted by atomic mass is 10.1. The summed E-state index contributed by atoms with van der Waals surface area (Å²) in [5, 5.41) is 4.24. The number of rotatable bonds is 5. The molecule has 0 saturated heterocycles. The molecule has 4 rings (SSSR count). The van der Waals surface area contributed by atoms with Crippen LogP contribution in [0.4, 0.5) is 11.5 Å². The van der Waals surface area contributed by atoms with E-state index in [1.54, 1.807) is 14.2 Å². The third kappa shape index (κ3) is 3.04. The van der Waals surface area contributed by atoms with Gasteiger partial charge in [0.2, 0.25) is 0 Å². The van der Waals surface area contributed by atoms with Gasteiger partial charge in [-0.05, 0) is 30.3 Å². The zero-order valence-electron chi connectivity index (χ0n) is 14.5. The van der Waals surface area contributed by atoms with Crippen molar-refractivity contribution in [3.63, 3.8) is 0 Å². The summed E-state index contributed by atoms with van der Waals surface area (Å²) in [6, 6.07) is 17.6. The number of methoxy groups -OCH3 is 2. The van der Waals surface area contributed by atoms with E-state index < -0.39 is 0 Å². The Hall–Kier alpha value is -3.54. The Labute approximate surface area is 150 Å². The second kappa shape index (κ2) is 6.76. The van der Waals surface area contributed by atoms with Crippen LogP contribution in [0.15, 0.2) is 60.9 Å². The third-order valence-electron chi connectivity index (χ3n) is 4.14. The van der Waals surface area contributed by atoms with Crippen molar-refractivity contribution in [2.24, 2.45) is 0 Å². The zero-order valence-corrected chi connectivity index (χ0v) is 14.5. The molecule has 0 radical (unpaired) electrons. The summed E-state index contributed by atoms with van der Waals surface area (Å²) >= 11 is 0. The maximum atomic E-state index is 5.31. The summed E-state index contributed by atoms with van der Waals surface area (Å²) in [4.78, 5) is 12.1. The highest BCUT2D eigenvalue weighted by atomic mass is 16.5. The van der Waals surface area contributed by atoms with Gasteiger partial charge in [-0.25, -0.2) is 9.97 Å². The topological polar surface area (TPSA) is 72.1 Å². The Morgan fingerprint density at radius 3 is 2.46 bits per heavy atom. The molecule has 6 nitrogen and oxygen atoms in total. The lowest BCUT2D eigenvalue weighted by Crippen LogP contribution is -1.95. The summed E-state index contributed by atoms with van der Waals surface area (Å²) in [7, 11) is 3.31. The molecular formula is C20H18N4O2. The SMILES string of the molecule is COc1cccc(Nc2ncnc3[nH]c(-c4cccc(OC)c4)cc23)c1. The van der Waals surface area contributed by atoms with Crippen LogP contribution in [0.1, 0.15) is 0 Å². The highest BCUT2D eigenvalue weighted by Gasteiger charge is 2.10. The molecule has 26 heavy (non-hydrogen) atoms. The van der Waals surface area contributed by atoms with Gasteiger partial charge in [-0.2, -0.15) is 0 Å². The van der Waals surface area contributed by atoms with Crippen molar-refractivity contribution in [1.29, 1.82) is 0 Å². The Balaban J connectivity index is 1.73. The lowest BCUT2D eigenvalue weighted by molar-refractivity contribution is 0.415. The minimum Gasteiger partial charge on any atom is -0.497 e. The smallest absolute Gasteiger partial charge is 0.143 e. The normalized spacial score (nSPS) is 10.7. The van der Waals surface area contributed by atoms with Crippen molar-refractivity contribution in [3.8, 4) is 22.8 Å². The highest BCUT2D eigenvalue weighted by molar-refractivity contribution is 5.93. The second-order valence-corrected chi connectivity index (χ2v) is 5.76. The van der Waals surface area contributed by atoms with Crippen molar-refractivity contribution in [2.45, 2.75) is 0 Å². The average molecular weight is 346 g/mol. The van der Waals surface area contributed by atoms with Gasteiger partial charge in [0.25, 0.3) is 0 Å². The Bertz CT molecular complexity index is 1060. The van der Waals surface area contributed by atoms with Crippen molar-refractivity contribution in [2.75, 3.05) is 19.5 Å². The number of anilines is 2. The molecular weight excluding hydrogens is 328 g/mol. The molecule has 0 amide bonds. The highest BCUT2D eigenvalue weighted by Crippen LogP contribution is 2.30. The van der Waals surface area contributed by atoms with Crippen LogP contribution >= 0.6 is 0 Å². The van der Waals surface area contributed by atoms with Crippen LogP contribution in [-0.2, 0) is 0 Å². The number of hydrogen-bond acceptors (Lipinski definition) is 5. The van der Waals surface area contributed by atoms with E-state index in [-0.39, 0.29) is 0 Å². The van der Waals surface area contributed by atoms with Crippen LogP contribution in [0.25, 0.3) is 22.3 Å². The van der Waals surface area contributed by atoms with Gasteiger partial charge in [0, 0.05) is 23.0 Å². The number of aromatic amines is 1. The van der Waals surface area contributed by atoms with Crippen LogP contribution in [-0.4, -0.2) is 29.2 Å². The first-order valence-corrected chi connectivity index (χ1v) is 8.16. The molecule has 2 N–H and O–H groups in total. The molecule has 0 unspecified atom stereocenters. The molecule has 0 atom stereocenters. The van der Waals surface area contributed by atoms with Crippen LogP contribution in [0.2, 0.25) is 0 Å². The number of nitrogens with one attached hydrogen (secondary N) is 2. The molecule has 2 aromatic carbocycles. The maximum Gasteiger partial charge on any atom is 0.143 e. The molecule has 0 saturated carbocycles. The first kappa shape index (κ1) is 16.0. The van der Waals surface area contributed by atoms with E-state index in [1.165, 1.54) is 6.33 Å². The van der Waals surface area contributed by atoms with Gasteiger partial charge in [0.05, 0.1) is 19.6 Å². The minimum atomic E-state index is 0.730. The van der Waals surface area contributed by atoms with Crippen LogP contribution in [0, 0.1) is 0 Å². The summed E-state index contributed by atoms with van der Waals surface area (Å²) in [5.74, 6) is 2.32. The fourth-order valence-corrected chi connectivity index (χ4v) is 2.82. The zero-order chi connectivity index (χ0) is 17.9. The Morgan fingerprint density at radius 2 is 1.65 bits per heavy atom. The van der Waals surface area contributed by atoms with Crippen molar-refractivity contribution in [1.82, 2.24) is 15.0 Å². The summed E-state index contributed by atoms with van der Waals surface area (Å²) in [6.45, 7) is 0. The molecule has 0 fully saturated rings. The van der Waals surface area contributed by atoms with E-state index in [1.807, 2.05) is 54.6 Å². The number of ether oxygens (including phenoxy) is 2. The number of hydrogen-bond donors (Lipinski definition) is 2. The Kier molecular flexibility index (Phi) is 4.15. The summed E-state index contributed by atoms with van der Waals surface area (Å²) in [6.07, 6.45) is 1.54. The quantitative estimate of drug-likeness (QED) is 0.561. The molecule has 0 aliphatic carbocycles. The standard InChI is InChI=1S/C20H18N4O2/c1-25-15-7-3-5-13(9-15)18-11-17-19(21-12-22-20(17)24-18)23-14-6-4-8-16(10-14)26-2/h3-12H,1-2H3,(H2,21,22,23,24). The molecule has 4 aromatic rings. The number of H-pyrrole nitrogens is 1.